The summed E-state index contributed by atoms with van der Waals surface area (Å²) in [6, 6.07) is 0. The lowest BCUT2D eigenvalue weighted by molar-refractivity contribution is 0.296. The van der Waals surface area contributed by atoms with Crippen molar-refractivity contribution in [1.82, 2.24) is 10.2 Å². The van der Waals surface area contributed by atoms with E-state index in [1.54, 1.807) is 23.1 Å². The fourth-order valence-electron chi connectivity index (χ4n) is 0.795. The van der Waals surface area contributed by atoms with Crippen LogP contribution >= 0.6 is 23.1 Å². The average molecular weight is 233 g/mol. The zero-order valence-electron chi connectivity index (χ0n) is 8.19. The maximum Gasteiger partial charge on any atom is 0.206 e. The number of aliphatic hydroxyl groups excluding tert-OH is 1. The molecule has 2 N–H and O–H groups in total. The quantitative estimate of drug-likeness (QED) is 0.556. The van der Waals surface area contributed by atoms with E-state index in [0.29, 0.717) is 0 Å². The van der Waals surface area contributed by atoms with Gasteiger partial charge in [-0.3, -0.25) is 0 Å². The van der Waals surface area contributed by atoms with E-state index in [1.807, 2.05) is 0 Å². The molecule has 0 aromatic carbocycles. The van der Waals surface area contributed by atoms with Crippen LogP contribution in [-0.4, -0.2) is 34.2 Å². The molecule has 0 aliphatic heterocycles. The molecule has 0 spiro atoms. The van der Waals surface area contributed by atoms with E-state index in [2.05, 4.69) is 22.4 Å². The van der Waals surface area contributed by atoms with Crippen molar-refractivity contribution in [2.75, 3.05) is 24.2 Å². The van der Waals surface area contributed by atoms with Gasteiger partial charge in [0.15, 0.2) is 4.34 Å². The molecule has 0 bridgehead atoms. The molecule has 1 aromatic heterocycles. The van der Waals surface area contributed by atoms with Crippen LogP contribution in [-0.2, 0) is 0 Å². The molecule has 0 unspecified atom stereocenters. The highest BCUT2D eigenvalue weighted by Crippen LogP contribution is 2.25. The van der Waals surface area contributed by atoms with E-state index in [9.17, 15) is 0 Å². The van der Waals surface area contributed by atoms with E-state index < -0.39 is 0 Å². The Balaban J connectivity index is 2.27. The van der Waals surface area contributed by atoms with Crippen LogP contribution in [0.3, 0.4) is 0 Å². The first-order valence-corrected chi connectivity index (χ1v) is 6.48. The molecular formula is C8H15N3OS2. The van der Waals surface area contributed by atoms with Gasteiger partial charge in [-0.1, -0.05) is 30.0 Å². The molecule has 0 aliphatic rings. The number of aromatic nitrogens is 2. The molecule has 14 heavy (non-hydrogen) atoms. The topological polar surface area (TPSA) is 58.0 Å². The fraction of sp³-hybridized carbons (Fsp3) is 0.750. The van der Waals surface area contributed by atoms with Crippen LogP contribution in [0.5, 0.6) is 0 Å². The Bertz CT molecular complexity index is 254. The predicted octanol–water partition coefficient (Wildman–Crippen LogP) is 1.83. The van der Waals surface area contributed by atoms with Crippen molar-refractivity contribution < 1.29 is 5.11 Å². The zero-order valence-corrected chi connectivity index (χ0v) is 9.83. The third-order valence-electron chi connectivity index (χ3n) is 1.46. The van der Waals surface area contributed by atoms with Crippen molar-refractivity contribution in [3.05, 3.63) is 0 Å². The first-order chi connectivity index (χ1) is 6.86. The molecule has 6 heteroatoms. The van der Waals surface area contributed by atoms with Gasteiger partial charge in [-0.25, -0.2) is 0 Å². The summed E-state index contributed by atoms with van der Waals surface area (Å²) < 4.78 is 0.969. The minimum absolute atomic E-state index is 0.243. The molecule has 0 radical (unpaired) electrons. The van der Waals surface area contributed by atoms with Crippen LogP contribution in [0.4, 0.5) is 5.13 Å². The number of aliphatic hydroxyl groups is 1. The SMILES string of the molecule is CCCNc1nnc(SCCCO)s1. The van der Waals surface area contributed by atoms with E-state index >= 15 is 0 Å². The molecule has 0 atom stereocenters. The van der Waals surface area contributed by atoms with Crippen LogP contribution in [0.1, 0.15) is 19.8 Å². The summed E-state index contributed by atoms with van der Waals surface area (Å²) in [6.45, 7) is 3.30. The Morgan fingerprint density at radius 3 is 3.07 bits per heavy atom. The number of thioether (sulfide) groups is 1. The number of nitrogens with zero attached hydrogens (tertiary/aromatic N) is 2. The van der Waals surface area contributed by atoms with Crippen LogP contribution < -0.4 is 5.32 Å². The summed E-state index contributed by atoms with van der Waals surface area (Å²) in [5, 5.41) is 20.7. The number of rotatable bonds is 7. The van der Waals surface area contributed by atoms with Crippen molar-refractivity contribution in [2.24, 2.45) is 0 Å². The van der Waals surface area contributed by atoms with Crippen molar-refractivity contribution in [3.63, 3.8) is 0 Å². The summed E-state index contributed by atoms with van der Waals surface area (Å²) in [5.41, 5.74) is 0. The zero-order chi connectivity index (χ0) is 10.2. The van der Waals surface area contributed by atoms with Crippen LogP contribution in [0.25, 0.3) is 0 Å². The summed E-state index contributed by atoms with van der Waals surface area (Å²) in [7, 11) is 0. The van der Waals surface area contributed by atoms with E-state index in [0.717, 1.165) is 34.6 Å². The molecule has 0 amide bonds. The molecule has 1 heterocycles. The number of hydrogen-bond acceptors (Lipinski definition) is 6. The monoisotopic (exact) mass is 233 g/mol. The Kier molecular flexibility index (Phi) is 5.89. The number of nitrogens with one attached hydrogen (secondary N) is 1. The maximum absolute atomic E-state index is 8.61. The molecule has 1 rings (SSSR count). The van der Waals surface area contributed by atoms with E-state index in [4.69, 9.17) is 5.11 Å². The first kappa shape index (κ1) is 11.7. The largest absolute Gasteiger partial charge is 0.396 e. The second kappa shape index (κ2) is 7.03. The molecule has 80 valence electrons. The molecular weight excluding hydrogens is 218 g/mol. The van der Waals surface area contributed by atoms with Crippen molar-refractivity contribution in [1.29, 1.82) is 0 Å². The Hall–Kier alpha value is -0.330. The fourth-order valence-corrected chi connectivity index (χ4v) is 2.57. The lowest BCUT2D eigenvalue weighted by Crippen LogP contribution is -1.98. The number of hydrogen-bond donors (Lipinski definition) is 2. The lowest BCUT2D eigenvalue weighted by Gasteiger charge is -1.95. The highest BCUT2D eigenvalue weighted by atomic mass is 32.2. The van der Waals surface area contributed by atoms with Gasteiger partial charge in [0, 0.05) is 18.9 Å². The van der Waals surface area contributed by atoms with Gasteiger partial charge in [0.05, 0.1) is 0 Å². The second-order valence-electron chi connectivity index (χ2n) is 2.73. The van der Waals surface area contributed by atoms with Crippen molar-refractivity contribution in [3.8, 4) is 0 Å². The average Bonchev–Trinajstić information content (AvgIpc) is 2.63. The third kappa shape index (κ3) is 4.26. The van der Waals surface area contributed by atoms with E-state index in [1.165, 1.54) is 0 Å². The van der Waals surface area contributed by atoms with Gasteiger partial charge in [-0.15, -0.1) is 10.2 Å². The van der Waals surface area contributed by atoms with Crippen molar-refractivity contribution >= 4 is 28.2 Å². The highest BCUT2D eigenvalue weighted by molar-refractivity contribution is 8.01. The Labute approximate surface area is 92.1 Å². The molecule has 0 fully saturated rings. The van der Waals surface area contributed by atoms with Crippen molar-refractivity contribution in [2.45, 2.75) is 24.1 Å². The van der Waals surface area contributed by atoms with Gasteiger partial charge < -0.3 is 10.4 Å². The third-order valence-corrected chi connectivity index (χ3v) is 3.56. The predicted molar refractivity (Wildman–Crippen MR) is 61.1 cm³/mol. The molecule has 0 aliphatic carbocycles. The summed E-state index contributed by atoms with van der Waals surface area (Å²) >= 11 is 3.22. The normalized spacial score (nSPS) is 10.4. The number of anilines is 1. The summed E-state index contributed by atoms with van der Waals surface area (Å²) in [5.74, 6) is 0.902. The first-order valence-electron chi connectivity index (χ1n) is 4.68. The van der Waals surface area contributed by atoms with Crippen LogP contribution in [0.2, 0.25) is 0 Å². The summed E-state index contributed by atoms with van der Waals surface area (Å²) in [4.78, 5) is 0. The highest BCUT2D eigenvalue weighted by Gasteiger charge is 2.02. The lowest BCUT2D eigenvalue weighted by atomic mass is 10.5. The van der Waals surface area contributed by atoms with Gasteiger partial charge >= 0.3 is 0 Å². The standard InChI is InChI=1S/C8H15N3OS2/c1-2-4-9-7-10-11-8(14-7)13-6-3-5-12/h12H,2-6H2,1H3,(H,9,10). The Morgan fingerprint density at radius 2 is 2.36 bits per heavy atom. The minimum atomic E-state index is 0.243. The van der Waals surface area contributed by atoms with Gasteiger partial charge in [0.2, 0.25) is 5.13 Å². The molecule has 4 nitrogen and oxygen atoms in total. The Morgan fingerprint density at radius 1 is 1.50 bits per heavy atom. The van der Waals surface area contributed by atoms with Gasteiger partial charge in [-0.2, -0.15) is 0 Å². The second-order valence-corrected chi connectivity index (χ2v) is 5.05. The smallest absolute Gasteiger partial charge is 0.206 e. The maximum atomic E-state index is 8.61. The molecule has 0 saturated carbocycles. The van der Waals surface area contributed by atoms with Gasteiger partial charge in [-0.05, 0) is 12.8 Å². The van der Waals surface area contributed by atoms with E-state index in [-0.39, 0.29) is 6.61 Å². The van der Waals surface area contributed by atoms with Crippen LogP contribution in [0, 0.1) is 0 Å². The van der Waals surface area contributed by atoms with Gasteiger partial charge in [0.25, 0.3) is 0 Å². The molecule has 1 aromatic rings. The van der Waals surface area contributed by atoms with Crippen LogP contribution in [0.15, 0.2) is 4.34 Å². The van der Waals surface area contributed by atoms with Gasteiger partial charge in [0.1, 0.15) is 0 Å². The summed E-state index contributed by atoms with van der Waals surface area (Å²) in [6.07, 6.45) is 1.90. The minimum Gasteiger partial charge on any atom is -0.396 e. The molecule has 0 saturated heterocycles.